The summed E-state index contributed by atoms with van der Waals surface area (Å²) in [4.78, 5) is 20.1. The van der Waals surface area contributed by atoms with Crippen LogP contribution in [-0.4, -0.2) is 41.0 Å². The first-order valence-electron chi connectivity index (χ1n) is 8.83. The van der Waals surface area contributed by atoms with Crippen molar-refractivity contribution in [3.05, 3.63) is 41.8 Å². The summed E-state index contributed by atoms with van der Waals surface area (Å²) >= 11 is 1.32. The van der Waals surface area contributed by atoms with Gasteiger partial charge in [0, 0.05) is 22.5 Å². The van der Waals surface area contributed by atoms with E-state index in [1.54, 1.807) is 0 Å². The molecule has 0 saturated carbocycles. The van der Waals surface area contributed by atoms with Crippen LogP contribution in [0.15, 0.2) is 45.0 Å². The fourth-order valence-corrected chi connectivity index (χ4v) is 4.62. The van der Waals surface area contributed by atoms with Gasteiger partial charge in [0.1, 0.15) is 6.07 Å². The Labute approximate surface area is 156 Å². The zero-order valence-corrected chi connectivity index (χ0v) is 15.3. The van der Waals surface area contributed by atoms with Crippen LogP contribution in [0.25, 0.3) is 0 Å². The van der Waals surface area contributed by atoms with E-state index in [0.717, 1.165) is 18.0 Å². The second kappa shape index (κ2) is 7.14. The van der Waals surface area contributed by atoms with Crippen LogP contribution in [0.5, 0.6) is 0 Å². The van der Waals surface area contributed by atoms with Crippen LogP contribution >= 0.6 is 11.8 Å². The highest BCUT2D eigenvalue weighted by Crippen LogP contribution is 2.32. The SMILES string of the molecule is CC1C(NC(=O)c2ccc(Sc3ncc(C#N)o3)cc2)C2CCN1CC2. The molecule has 0 spiro atoms. The van der Waals surface area contributed by atoms with Crippen LogP contribution < -0.4 is 5.32 Å². The number of amides is 1. The first-order valence-corrected chi connectivity index (χ1v) is 9.64. The molecule has 4 heterocycles. The van der Waals surface area contributed by atoms with Crippen molar-refractivity contribution in [2.24, 2.45) is 5.92 Å². The van der Waals surface area contributed by atoms with Crippen molar-refractivity contribution in [2.45, 2.75) is 42.0 Å². The van der Waals surface area contributed by atoms with Gasteiger partial charge in [0.25, 0.3) is 11.1 Å². The van der Waals surface area contributed by atoms with E-state index in [9.17, 15) is 4.79 Å². The quantitative estimate of drug-likeness (QED) is 0.893. The van der Waals surface area contributed by atoms with Crippen molar-refractivity contribution >= 4 is 17.7 Å². The molecule has 2 unspecified atom stereocenters. The summed E-state index contributed by atoms with van der Waals surface area (Å²) in [7, 11) is 0. The van der Waals surface area contributed by atoms with Gasteiger partial charge in [0.2, 0.25) is 5.76 Å². The molecule has 0 radical (unpaired) electrons. The number of carbonyl (C=O) groups excluding carboxylic acids is 1. The summed E-state index contributed by atoms with van der Waals surface area (Å²) in [5, 5.41) is 12.4. The lowest BCUT2D eigenvalue weighted by molar-refractivity contribution is 0.0217. The fourth-order valence-electron chi connectivity index (χ4n) is 3.91. The number of benzene rings is 1. The Morgan fingerprint density at radius 2 is 2.08 bits per heavy atom. The average Bonchev–Trinajstić information content (AvgIpc) is 3.13. The number of aromatic nitrogens is 1. The highest BCUT2D eigenvalue weighted by atomic mass is 32.2. The standard InChI is InChI=1S/C19H20N4O2S/c1-12-17(13-6-8-23(12)9-7-13)22-18(24)14-2-4-16(5-3-14)26-19-21-11-15(10-20)25-19/h2-5,11-13,17H,6-9H2,1H3,(H,22,24). The second-order valence-electron chi connectivity index (χ2n) is 6.84. The van der Waals surface area contributed by atoms with Gasteiger partial charge in [-0.05, 0) is 74.8 Å². The Morgan fingerprint density at radius 1 is 1.35 bits per heavy atom. The summed E-state index contributed by atoms with van der Waals surface area (Å²) in [6.45, 7) is 4.51. The minimum absolute atomic E-state index is 0.0185. The van der Waals surface area contributed by atoms with Crippen LogP contribution in [0.2, 0.25) is 0 Å². The maximum absolute atomic E-state index is 12.6. The topological polar surface area (TPSA) is 82.2 Å². The third-order valence-electron chi connectivity index (χ3n) is 5.39. The maximum atomic E-state index is 12.6. The number of carbonyl (C=O) groups is 1. The molecule has 2 bridgehead atoms. The zero-order valence-electron chi connectivity index (χ0n) is 14.5. The Morgan fingerprint density at radius 3 is 2.69 bits per heavy atom. The number of nitrogens with one attached hydrogen (secondary N) is 1. The minimum atomic E-state index is -0.0185. The fraction of sp³-hybridized carbons (Fsp3) is 0.421. The molecule has 1 aromatic carbocycles. The number of piperidine rings is 3. The van der Waals surface area contributed by atoms with Crippen LogP contribution in [0.3, 0.4) is 0 Å². The van der Waals surface area contributed by atoms with Crippen molar-refractivity contribution in [2.75, 3.05) is 13.1 Å². The van der Waals surface area contributed by atoms with Gasteiger partial charge in [-0.3, -0.25) is 9.69 Å². The average molecular weight is 368 g/mol. The summed E-state index contributed by atoms with van der Waals surface area (Å²) in [5.74, 6) is 0.762. The highest BCUT2D eigenvalue weighted by Gasteiger charge is 2.40. The summed E-state index contributed by atoms with van der Waals surface area (Å²) in [6.07, 6.45) is 3.75. The van der Waals surface area contributed by atoms with Gasteiger partial charge >= 0.3 is 0 Å². The molecule has 3 aliphatic rings. The molecule has 1 amide bonds. The summed E-state index contributed by atoms with van der Waals surface area (Å²) < 4.78 is 5.26. The number of hydrogen-bond acceptors (Lipinski definition) is 6. The molecular weight excluding hydrogens is 348 g/mol. The molecule has 1 aromatic heterocycles. The molecule has 5 rings (SSSR count). The largest absolute Gasteiger partial charge is 0.420 e. The third-order valence-corrected chi connectivity index (χ3v) is 6.26. The molecule has 7 heteroatoms. The van der Waals surface area contributed by atoms with Gasteiger partial charge < -0.3 is 9.73 Å². The lowest BCUT2D eigenvalue weighted by atomic mass is 9.79. The van der Waals surface area contributed by atoms with Crippen LogP contribution in [-0.2, 0) is 0 Å². The van der Waals surface area contributed by atoms with Crippen molar-refractivity contribution in [1.82, 2.24) is 15.2 Å². The van der Waals surface area contributed by atoms with Gasteiger partial charge in [-0.2, -0.15) is 5.26 Å². The van der Waals surface area contributed by atoms with E-state index in [0.29, 0.717) is 22.7 Å². The molecule has 2 atom stereocenters. The molecule has 1 N–H and O–H groups in total. The number of oxazole rings is 1. The minimum Gasteiger partial charge on any atom is -0.420 e. The Balaban J connectivity index is 1.40. The number of nitriles is 1. The molecule has 0 aliphatic carbocycles. The number of fused-ring (bicyclic) bond motifs is 3. The highest BCUT2D eigenvalue weighted by molar-refractivity contribution is 7.99. The third kappa shape index (κ3) is 3.35. The second-order valence-corrected chi connectivity index (χ2v) is 7.87. The molecule has 3 aliphatic heterocycles. The molecular formula is C19H20N4O2S. The van der Waals surface area contributed by atoms with E-state index in [1.807, 2.05) is 30.3 Å². The van der Waals surface area contributed by atoms with E-state index in [-0.39, 0.29) is 17.7 Å². The lowest BCUT2D eigenvalue weighted by Gasteiger charge is -2.49. The van der Waals surface area contributed by atoms with Gasteiger partial charge in [-0.1, -0.05) is 0 Å². The van der Waals surface area contributed by atoms with Crippen molar-refractivity contribution < 1.29 is 9.21 Å². The van der Waals surface area contributed by atoms with E-state index in [4.69, 9.17) is 9.68 Å². The van der Waals surface area contributed by atoms with Crippen LogP contribution in [0, 0.1) is 17.2 Å². The molecule has 134 valence electrons. The van der Waals surface area contributed by atoms with Crippen molar-refractivity contribution in [3.63, 3.8) is 0 Å². The van der Waals surface area contributed by atoms with Crippen LogP contribution in [0.1, 0.15) is 35.9 Å². The predicted octanol–water partition coefficient (Wildman–Crippen LogP) is 2.91. The molecule has 2 aromatic rings. The zero-order chi connectivity index (χ0) is 18.1. The van der Waals surface area contributed by atoms with Crippen molar-refractivity contribution in [3.8, 4) is 6.07 Å². The van der Waals surface area contributed by atoms with E-state index in [1.165, 1.54) is 30.8 Å². The summed E-state index contributed by atoms with van der Waals surface area (Å²) in [6, 6.07) is 9.92. The molecule has 26 heavy (non-hydrogen) atoms. The smallest absolute Gasteiger partial charge is 0.261 e. The molecule has 3 fully saturated rings. The Hall–Kier alpha value is -2.30. The molecule has 3 saturated heterocycles. The monoisotopic (exact) mass is 368 g/mol. The predicted molar refractivity (Wildman–Crippen MR) is 96.8 cm³/mol. The van der Waals surface area contributed by atoms with E-state index < -0.39 is 0 Å². The van der Waals surface area contributed by atoms with Gasteiger partial charge in [0.05, 0.1) is 6.20 Å². The van der Waals surface area contributed by atoms with E-state index in [2.05, 4.69) is 22.1 Å². The van der Waals surface area contributed by atoms with E-state index >= 15 is 0 Å². The first kappa shape index (κ1) is 17.1. The Bertz CT molecular complexity index is 832. The normalized spacial score (nSPS) is 27.1. The van der Waals surface area contributed by atoms with Crippen LogP contribution in [0.4, 0.5) is 0 Å². The Kier molecular flexibility index (Phi) is 4.70. The first-order chi connectivity index (χ1) is 12.6. The lowest BCUT2D eigenvalue weighted by Crippen LogP contribution is -2.62. The van der Waals surface area contributed by atoms with Gasteiger partial charge in [-0.25, -0.2) is 4.98 Å². The van der Waals surface area contributed by atoms with Gasteiger partial charge in [0.15, 0.2) is 0 Å². The van der Waals surface area contributed by atoms with Crippen molar-refractivity contribution in [1.29, 1.82) is 5.26 Å². The summed E-state index contributed by atoms with van der Waals surface area (Å²) in [5.41, 5.74) is 0.656. The maximum Gasteiger partial charge on any atom is 0.261 e. The van der Waals surface area contributed by atoms with Gasteiger partial charge in [-0.15, -0.1) is 0 Å². The number of rotatable bonds is 4. The number of nitrogens with zero attached hydrogens (tertiary/aromatic N) is 3. The number of hydrogen-bond donors (Lipinski definition) is 1. The molecule has 6 nitrogen and oxygen atoms in total.